The minimum Gasteiger partial charge on any atom is -0.348 e. The molecule has 0 atom stereocenters. The van der Waals surface area contributed by atoms with E-state index in [4.69, 9.17) is 0 Å². The van der Waals surface area contributed by atoms with Gasteiger partial charge < -0.3 is 9.80 Å². The molecule has 0 saturated carbocycles. The monoisotopic (exact) mass is 250 g/mol. The first kappa shape index (κ1) is 15.8. The van der Waals surface area contributed by atoms with Gasteiger partial charge in [0.1, 0.15) is 5.41 Å². The van der Waals surface area contributed by atoms with E-state index in [1.807, 2.05) is 0 Å². The standard InChI is InChI=1S/C11H20F2N2O2/c1-14(2)9(16)11(5-7-12,6-8-13)10(17)15(3)4/h5-8H2,1-4H3. The van der Waals surface area contributed by atoms with Crippen LogP contribution in [0.15, 0.2) is 0 Å². The van der Waals surface area contributed by atoms with Gasteiger partial charge in [-0.3, -0.25) is 18.4 Å². The van der Waals surface area contributed by atoms with Crippen molar-refractivity contribution in [2.75, 3.05) is 41.5 Å². The molecule has 100 valence electrons. The van der Waals surface area contributed by atoms with E-state index in [9.17, 15) is 18.4 Å². The lowest BCUT2D eigenvalue weighted by atomic mass is 9.79. The van der Waals surface area contributed by atoms with Crippen LogP contribution in [0.4, 0.5) is 8.78 Å². The van der Waals surface area contributed by atoms with Gasteiger partial charge in [-0.2, -0.15) is 0 Å². The number of hydrogen-bond acceptors (Lipinski definition) is 2. The Bertz CT molecular complexity index is 253. The predicted molar refractivity (Wildman–Crippen MR) is 61.0 cm³/mol. The number of nitrogens with zero attached hydrogens (tertiary/aromatic N) is 2. The van der Waals surface area contributed by atoms with Gasteiger partial charge in [0.2, 0.25) is 11.8 Å². The number of halogens is 2. The first-order valence-corrected chi connectivity index (χ1v) is 5.39. The molecule has 0 aliphatic carbocycles. The van der Waals surface area contributed by atoms with Crippen LogP contribution >= 0.6 is 0 Å². The maximum atomic E-state index is 12.6. The molecule has 0 aromatic rings. The Hall–Kier alpha value is -1.20. The van der Waals surface area contributed by atoms with Crippen molar-refractivity contribution in [3.63, 3.8) is 0 Å². The molecule has 0 aliphatic rings. The van der Waals surface area contributed by atoms with Crippen LogP contribution in [0.3, 0.4) is 0 Å². The normalized spacial score (nSPS) is 11.2. The molecule has 0 aromatic heterocycles. The zero-order chi connectivity index (χ0) is 13.6. The first-order chi connectivity index (χ1) is 7.83. The number of amides is 2. The molecule has 0 aliphatic heterocycles. The van der Waals surface area contributed by atoms with Gasteiger partial charge in [-0.15, -0.1) is 0 Å². The fraction of sp³-hybridized carbons (Fsp3) is 0.818. The van der Waals surface area contributed by atoms with Gasteiger partial charge in [-0.05, 0) is 12.8 Å². The molecule has 0 heterocycles. The number of carbonyl (C=O) groups excluding carboxylic acids is 2. The zero-order valence-electron chi connectivity index (χ0n) is 10.8. The third-order valence-electron chi connectivity index (χ3n) is 2.67. The van der Waals surface area contributed by atoms with Crippen LogP contribution in [0.1, 0.15) is 12.8 Å². The Balaban J connectivity index is 5.40. The molecule has 2 amide bonds. The molecule has 0 N–H and O–H groups in total. The van der Waals surface area contributed by atoms with Gasteiger partial charge in [0, 0.05) is 28.2 Å². The summed E-state index contributed by atoms with van der Waals surface area (Å²) in [5.41, 5.74) is -1.61. The largest absolute Gasteiger partial charge is 0.348 e. The summed E-state index contributed by atoms with van der Waals surface area (Å²) in [6.45, 7) is -1.67. The Morgan fingerprint density at radius 2 is 1.18 bits per heavy atom. The molecule has 0 fully saturated rings. The lowest BCUT2D eigenvalue weighted by Crippen LogP contribution is -2.51. The average molecular weight is 250 g/mol. The van der Waals surface area contributed by atoms with Crippen molar-refractivity contribution >= 4 is 11.8 Å². The summed E-state index contributed by atoms with van der Waals surface area (Å²) in [4.78, 5) is 26.5. The maximum absolute atomic E-state index is 12.6. The summed E-state index contributed by atoms with van der Waals surface area (Å²) in [5.74, 6) is -1.10. The van der Waals surface area contributed by atoms with Crippen LogP contribution in [0, 0.1) is 5.41 Å². The van der Waals surface area contributed by atoms with Crippen LogP contribution in [0.2, 0.25) is 0 Å². The van der Waals surface area contributed by atoms with Gasteiger partial charge in [0.25, 0.3) is 0 Å². The van der Waals surface area contributed by atoms with E-state index in [0.717, 1.165) is 0 Å². The van der Waals surface area contributed by atoms with Gasteiger partial charge in [0.15, 0.2) is 0 Å². The fourth-order valence-corrected chi connectivity index (χ4v) is 1.82. The van der Waals surface area contributed by atoms with E-state index >= 15 is 0 Å². The van der Waals surface area contributed by atoms with Gasteiger partial charge in [0.05, 0.1) is 13.3 Å². The molecule has 0 spiro atoms. The van der Waals surface area contributed by atoms with E-state index in [1.54, 1.807) is 0 Å². The lowest BCUT2D eigenvalue weighted by Gasteiger charge is -2.34. The Morgan fingerprint density at radius 3 is 1.35 bits per heavy atom. The average Bonchev–Trinajstić information content (AvgIpc) is 2.26. The molecular weight excluding hydrogens is 230 g/mol. The summed E-state index contributed by atoms with van der Waals surface area (Å²) in [6, 6.07) is 0. The fourth-order valence-electron chi connectivity index (χ4n) is 1.82. The molecular formula is C11H20F2N2O2. The molecule has 0 aromatic carbocycles. The van der Waals surface area contributed by atoms with Gasteiger partial charge >= 0.3 is 0 Å². The maximum Gasteiger partial charge on any atom is 0.237 e. The summed E-state index contributed by atoms with van der Waals surface area (Å²) in [7, 11) is 5.87. The summed E-state index contributed by atoms with van der Waals surface area (Å²) in [6.07, 6.45) is -0.574. The second-order valence-electron chi connectivity index (χ2n) is 4.36. The van der Waals surface area contributed by atoms with E-state index in [-0.39, 0.29) is 12.8 Å². The summed E-state index contributed by atoms with van der Waals surface area (Å²) in [5, 5.41) is 0. The second-order valence-corrected chi connectivity index (χ2v) is 4.36. The SMILES string of the molecule is CN(C)C(=O)C(CCF)(CCF)C(=O)N(C)C. The summed E-state index contributed by atoms with van der Waals surface area (Å²) >= 11 is 0. The van der Waals surface area contributed by atoms with Crippen LogP contribution in [0.25, 0.3) is 0 Å². The summed E-state index contributed by atoms with van der Waals surface area (Å²) < 4.78 is 25.2. The van der Waals surface area contributed by atoms with Crippen molar-refractivity contribution < 1.29 is 18.4 Å². The zero-order valence-corrected chi connectivity index (χ0v) is 10.8. The number of rotatable bonds is 6. The Kier molecular flexibility index (Phi) is 6.05. The third kappa shape index (κ3) is 3.38. The van der Waals surface area contributed by atoms with Gasteiger partial charge in [-0.1, -0.05) is 0 Å². The molecule has 0 bridgehead atoms. The molecule has 0 radical (unpaired) electrons. The van der Waals surface area contributed by atoms with Crippen molar-refractivity contribution in [3.8, 4) is 0 Å². The molecule has 0 unspecified atom stereocenters. The number of alkyl halides is 2. The molecule has 17 heavy (non-hydrogen) atoms. The van der Waals surface area contributed by atoms with Crippen molar-refractivity contribution in [2.45, 2.75) is 12.8 Å². The number of carbonyl (C=O) groups is 2. The molecule has 0 saturated heterocycles. The molecule has 4 nitrogen and oxygen atoms in total. The van der Waals surface area contributed by atoms with Gasteiger partial charge in [-0.25, -0.2) is 0 Å². The van der Waals surface area contributed by atoms with E-state index in [0.29, 0.717) is 0 Å². The molecule has 0 rings (SSSR count). The van der Waals surface area contributed by atoms with Crippen LogP contribution in [-0.4, -0.2) is 63.2 Å². The van der Waals surface area contributed by atoms with E-state index in [2.05, 4.69) is 0 Å². The number of hydrogen-bond donors (Lipinski definition) is 0. The first-order valence-electron chi connectivity index (χ1n) is 5.39. The quantitative estimate of drug-likeness (QED) is 0.656. The van der Waals surface area contributed by atoms with Crippen molar-refractivity contribution in [1.29, 1.82) is 0 Å². The van der Waals surface area contributed by atoms with Crippen LogP contribution in [0.5, 0.6) is 0 Å². The van der Waals surface area contributed by atoms with E-state index < -0.39 is 30.6 Å². The highest BCUT2D eigenvalue weighted by Crippen LogP contribution is 2.31. The minimum atomic E-state index is -1.61. The van der Waals surface area contributed by atoms with E-state index in [1.165, 1.54) is 38.0 Å². The highest BCUT2D eigenvalue weighted by Gasteiger charge is 2.47. The van der Waals surface area contributed by atoms with Crippen molar-refractivity contribution in [3.05, 3.63) is 0 Å². The predicted octanol–water partition coefficient (Wildman–Crippen LogP) is 0.868. The third-order valence-corrected chi connectivity index (χ3v) is 2.67. The highest BCUT2D eigenvalue weighted by atomic mass is 19.1. The lowest BCUT2D eigenvalue weighted by molar-refractivity contribution is -0.155. The highest BCUT2D eigenvalue weighted by molar-refractivity contribution is 6.04. The smallest absolute Gasteiger partial charge is 0.237 e. The van der Waals surface area contributed by atoms with Crippen molar-refractivity contribution in [2.24, 2.45) is 5.41 Å². The van der Waals surface area contributed by atoms with Crippen molar-refractivity contribution in [1.82, 2.24) is 9.80 Å². The van der Waals surface area contributed by atoms with Crippen LogP contribution in [-0.2, 0) is 9.59 Å². The Labute approximate surface area is 101 Å². The van der Waals surface area contributed by atoms with Crippen LogP contribution < -0.4 is 0 Å². The second kappa shape index (κ2) is 6.51. The Morgan fingerprint density at radius 1 is 0.882 bits per heavy atom. The molecule has 6 heteroatoms. The topological polar surface area (TPSA) is 40.6 Å². The minimum absolute atomic E-state index is 0.287.